The van der Waals surface area contributed by atoms with Gasteiger partial charge in [-0.25, -0.2) is 4.18 Å². The highest BCUT2D eigenvalue weighted by Gasteiger charge is 2.48. The number of unbranched alkanes of at least 4 members (excludes halogenated alkanes) is 36. The number of carbonyl (C=O) groups is 1. The Bertz CT molecular complexity index is 1350. The van der Waals surface area contributed by atoms with Crippen molar-refractivity contribution < 1.29 is 51.8 Å². The van der Waals surface area contributed by atoms with Gasteiger partial charge in [-0.05, 0) is 44.9 Å². The molecular weight excluding hydrogens is 919 g/mol. The summed E-state index contributed by atoms with van der Waals surface area (Å²) in [6.45, 7) is 3.49. The van der Waals surface area contributed by atoms with Crippen LogP contribution in [0.1, 0.15) is 284 Å². The highest BCUT2D eigenvalue weighted by molar-refractivity contribution is 7.80. The van der Waals surface area contributed by atoms with E-state index in [-0.39, 0.29) is 12.5 Å². The molecule has 0 aliphatic carbocycles. The zero-order valence-corrected chi connectivity index (χ0v) is 46.4. The molecule has 1 aliphatic rings. The van der Waals surface area contributed by atoms with Gasteiger partial charge in [-0.2, -0.15) is 8.42 Å². The normalized spacial score (nSPS) is 19.6. The third kappa shape index (κ3) is 40.6. The van der Waals surface area contributed by atoms with Crippen LogP contribution in [0.4, 0.5) is 0 Å². The van der Waals surface area contributed by atoms with Crippen LogP contribution in [0.5, 0.6) is 0 Å². The van der Waals surface area contributed by atoms with Crippen molar-refractivity contribution in [2.24, 2.45) is 0 Å². The van der Waals surface area contributed by atoms with Crippen LogP contribution in [0, 0.1) is 0 Å². The first-order valence-electron chi connectivity index (χ1n) is 29.7. The zero-order chi connectivity index (χ0) is 51.9. The number of aliphatic hydroxyl groups excluding tert-OH is 4. The van der Waals surface area contributed by atoms with Crippen LogP contribution < -0.4 is 5.32 Å². The van der Waals surface area contributed by atoms with Crippen molar-refractivity contribution >= 4 is 16.3 Å². The summed E-state index contributed by atoms with van der Waals surface area (Å²) in [6, 6.07) is -0.859. The summed E-state index contributed by atoms with van der Waals surface area (Å²) in [4.78, 5) is 13.2. The number of nitrogens with one attached hydrogen (secondary N) is 1. The molecule has 0 aromatic rings. The van der Waals surface area contributed by atoms with Gasteiger partial charge in [0.25, 0.3) is 0 Å². The average Bonchev–Trinajstić information content (AvgIpc) is 3.34. The molecular formula is C58H111NO11S. The second-order valence-electron chi connectivity index (χ2n) is 20.9. The molecule has 71 heavy (non-hydrogen) atoms. The molecule has 1 amide bonds. The van der Waals surface area contributed by atoms with E-state index >= 15 is 0 Å². The number of rotatable bonds is 52. The van der Waals surface area contributed by atoms with Gasteiger partial charge in [0.15, 0.2) is 6.29 Å². The maximum absolute atomic E-state index is 13.2. The molecule has 1 saturated heterocycles. The van der Waals surface area contributed by atoms with Gasteiger partial charge in [-0.15, -0.1) is 0 Å². The Kier molecular flexibility index (Phi) is 45.9. The van der Waals surface area contributed by atoms with Crippen LogP contribution in [0.3, 0.4) is 0 Å². The van der Waals surface area contributed by atoms with Gasteiger partial charge < -0.3 is 35.2 Å². The molecule has 0 radical (unpaired) electrons. The van der Waals surface area contributed by atoms with Gasteiger partial charge in [0.05, 0.1) is 25.4 Å². The van der Waals surface area contributed by atoms with Gasteiger partial charge in [0.2, 0.25) is 5.91 Å². The SMILES string of the molecule is CCCCCCCCCCC/C=C\C/C=C\CCCCCCCCCCCCCC(=O)NC(COC1OC(CO)C(O)C(OS(=O)(=O)O)C1O)C(O)CCCCCCCCCCCCCCCCCCC. The van der Waals surface area contributed by atoms with Gasteiger partial charge >= 0.3 is 10.4 Å². The lowest BCUT2D eigenvalue weighted by Gasteiger charge is -2.41. The molecule has 0 aromatic heterocycles. The number of ether oxygens (including phenoxy) is 2. The molecule has 420 valence electrons. The molecule has 13 heteroatoms. The lowest BCUT2D eigenvalue weighted by Crippen LogP contribution is -2.61. The molecule has 1 heterocycles. The van der Waals surface area contributed by atoms with E-state index in [0.717, 1.165) is 51.4 Å². The molecule has 12 nitrogen and oxygen atoms in total. The largest absolute Gasteiger partial charge is 0.397 e. The van der Waals surface area contributed by atoms with Crippen molar-refractivity contribution in [1.82, 2.24) is 5.32 Å². The first-order chi connectivity index (χ1) is 34.5. The lowest BCUT2D eigenvalue weighted by atomic mass is 9.99. The third-order valence-electron chi connectivity index (χ3n) is 14.3. The Morgan fingerprint density at radius 2 is 0.944 bits per heavy atom. The highest BCUT2D eigenvalue weighted by Crippen LogP contribution is 2.26. The van der Waals surface area contributed by atoms with Crippen molar-refractivity contribution in [2.75, 3.05) is 13.2 Å². The fourth-order valence-electron chi connectivity index (χ4n) is 9.67. The van der Waals surface area contributed by atoms with Crippen LogP contribution >= 0.6 is 0 Å². The minimum Gasteiger partial charge on any atom is -0.394 e. The Morgan fingerprint density at radius 3 is 1.34 bits per heavy atom. The number of allylic oxidation sites excluding steroid dienone is 4. The minimum absolute atomic E-state index is 0.228. The van der Waals surface area contributed by atoms with E-state index in [9.17, 15) is 38.2 Å². The summed E-state index contributed by atoms with van der Waals surface area (Å²) in [6.07, 6.45) is 50.4. The average molecular weight is 1030 g/mol. The highest BCUT2D eigenvalue weighted by atomic mass is 32.3. The summed E-state index contributed by atoms with van der Waals surface area (Å²) in [5.74, 6) is -0.228. The van der Waals surface area contributed by atoms with Crippen molar-refractivity contribution in [1.29, 1.82) is 0 Å². The van der Waals surface area contributed by atoms with Crippen molar-refractivity contribution in [3.63, 3.8) is 0 Å². The van der Waals surface area contributed by atoms with Crippen LogP contribution in [0.25, 0.3) is 0 Å². The molecule has 0 saturated carbocycles. The fraction of sp³-hybridized carbons (Fsp3) is 0.914. The third-order valence-corrected chi connectivity index (χ3v) is 14.7. The standard InChI is InChI=1S/C58H111NO11S/c1-3-5-7-9-11-13-15-17-19-21-22-23-24-25-26-27-28-29-30-32-34-36-38-40-42-44-46-48-54(62)59-51(50-68-58-56(64)57(70-71(65,66)67)55(63)53(49-60)69-58)52(61)47-45-43-41-39-37-35-33-31-20-18-16-14-12-10-8-6-4-2/h22-23,25-26,51-53,55-58,60-61,63-64H,3-21,24,27-50H2,1-2H3,(H,59,62)(H,65,66,67)/b23-22-,26-25-. The quantitative estimate of drug-likeness (QED) is 0.0193. The predicted octanol–water partition coefficient (Wildman–Crippen LogP) is 14.0. The first-order valence-corrected chi connectivity index (χ1v) is 31.1. The number of hydrogen-bond donors (Lipinski definition) is 6. The summed E-state index contributed by atoms with van der Waals surface area (Å²) < 4.78 is 47.9. The molecule has 1 aliphatic heterocycles. The van der Waals surface area contributed by atoms with Crippen LogP contribution in [-0.4, -0.2) is 95.4 Å². The molecule has 7 atom stereocenters. The van der Waals surface area contributed by atoms with E-state index in [1.165, 1.54) is 199 Å². The van der Waals surface area contributed by atoms with Crippen LogP contribution in [0.2, 0.25) is 0 Å². The fourth-order valence-corrected chi connectivity index (χ4v) is 10.2. The van der Waals surface area contributed by atoms with Crippen molar-refractivity contribution in [3.05, 3.63) is 24.3 Å². The van der Waals surface area contributed by atoms with Gasteiger partial charge in [0.1, 0.15) is 24.4 Å². The molecule has 1 fully saturated rings. The van der Waals surface area contributed by atoms with E-state index in [1.807, 2.05) is 0 Å². The number of hydrogen-bond acceptors (Lipinski definition) is 10. The Labute approximate surface area is 435 Å². The monoisotopic (exact) mass is 1030 g/mol. The van der Waals surface area contributed by atoms with Crippen LogP contribution in [0.15, 0.2) is 24.3 Å². The Morgan fingerprint density at radius 1 is 0.563 bits per heavy atom. The van der Waals surface area contributed by atoms with Gasteiger partial charge in [-0.1, -0.05) is 256 Å². The maximum atomic E-state index is 13.2. The molecule has 6 N–H and O–H groups in total. The minimum atomic E-state index is -5.08. The van der Waals surface area contributed by atoms with E-state index in [1.54, 1.807) is 0 Å². The molecule has 1 rings (SSSR count). The smallest absolute Gasteiger partial charge is 0.394 e. The predicted molar refractivity (Wildman–Crippen MR) is 292 cm³/mol. The second-order valence-corrected chi connectivity index (χ2v) is 22.0. The van der Waals surface area contributed by atoms with E-state index < -0.39 is 59.9 Å². The molecule has 0 bridgehead atoms. The van der Waals surface area contributed by atoms with Crippen LogP contribution in [-0.2, 0) is 28.9 Å². The number of carbonyl (C=O) groups excluding carboxylic acids is 1. The zero-order valence-electron chi connectivity index (χ0n) is 45.6. The van der Waals surface area contributed by atoms with E-state index in [4.69, 9.17) is 9.47 Å². The van der Waals surface area contributed by atoms with Crippen molar-refractivity contribution in [2.45, 2.75) is 326 Å². The summed E-state index contributed by atoms with van der Waals surface area (Å²) in [5.41, 5.74) is 0. The van der Waals surface area contributed by atoms with Gasteiger partial charge in [0, 0.05) is 6.42 Å². The summed E-state index contributed by atoms with van der Waals surface area (Å²) in [5, 5.41) is 45.1. The lowest BCUT2D eigenvalue weighted by molar-refractivity contribution is -0.298. The summed E-state index contributed by atoms with van der Waals surface area (Å²) in [7, 11) is -5.08. The Hall–Kier alpha value is -1.42. The van der Waals surface area contributed by atoms with E-state index in [0.29, 0.717) is 19.3 Å². The second kappa shape index (κ2) is 48.2. The maximum Gasteiger partial charge on any atom is 0.397 e. The first kappa shape index (κ1) is 67.6. The Balaban J connectivity index is 2.32. The molecule has 0 spiro atoms. The topological polar surface area (TPSA) is 192 Å². The van der Waals surface area contributed by atoms with E-state index in [2.05, 4.69) is 47.7 Å². The van der Waals surface area contributed by atoms with Gasteiger partial charge in [-0.3, -0.25) is 9.35 Å². The number of aliphatic hydroxyl groups is 4. The number of amides is 1. The molecule has 0 aromatic carbocycles. The van der Waals surface area contributed by atoms with Crippen molar-refractivity contribution in [3.8, 4) is 0 Å². The molecule has 7 unspecified atom stereocenters. The summed E-state index contributed by atoms with van der Waals surface area (Å²) >= 11 is 0.